The molecule has 1 N–H and O–H groups in total. The molecule has 7 nitrogen and oxygen atoms in total. The molecule has 0 spiro atoms. The lowest BCUT2D eigenvalue weighted by Crippen LogP contribution is -2.47. The summed E-state index contributed by atoms with van der Waals surface area (Å²) >= 11 is 6.51. The number of hydrogen-bond acceptors (Lipinski definition) is 5. The van der Waals surface area contributed by atoms with Crippen LogP contribution in [-0.4, -0.2) is 32.5 Å². The fraction of sp³-hybridized carbons (Fsp3) is 0.407. The van der Waals surface area contributed by atoms with Gasteiger partial charge >= 0.3 is 6.09 Å². The zero-order chi connectivity index (χ0) is 25.0. The van der Waals surface area contributed by atoms with Crippen LogP contribution in [0.2, 0.25) is 0 Å². The van der Waals surface area contributed by atoms with Crippen molar-refractivity contribution in [2.45, 2.75) is 64.1 Å². The molecule has 0 unspecified atom stereocenters. The molecule has 9 heteroatoms. The van der Waals surface area contributed by atoms with E-state index in [0.717, 1.165) is 47.3 Å². The summed E-state index contributed by atoms with van der Waals surface area (Å²) in [7, 11) is 0. The molecule has 0 saturated heterocycles. The first-order valence-electron chi connectivity index (χ1n) is 11.8. The van der Waals surface area contributed by atoms with Crippen LogP contribution in [0.4, 0.5) is 4.79 Å². The van der Waals surface area contributed by atoms with Gasteiger partial charge < -0.3 is 10.1 Å². The van der Waals surface area contributed by atoms with Gasteiger partial charge in [-0.2, -0.15) is 10.4 Å². The minimum Gasteiger partial charge on any atom is -0.444 e. The molecule has 2 heterocycles. The molecule has 1 aromatic carbocycles. The lowest BCUT2D eigenvalue weighted by atomic mass is 9.79. The maximum atomic E-state index is 12.6. The topological polar surface area (TPSA) is 92.8 Å². The summed E-state index contributed by atoms with van der Waals surface area (Å²) < 4.78 is 7.43. The number of nitrogens with zero attached hydrogens (tertiary/aromatic N) is 4. The molecule has 0 bridgehead atoms. The van der Waals surface area contributed by atoms with Gasteiger partial charge in [-0.05, 0) is 69.4 Å². The summed E-state index contributed by atoms with van der Waals surface area (Å²) in [5.41, 5.74) is 4.26. The van der Waals surface area contributed by atoms with Crippen molar-refractivity contribution < 1.29 is 9.53 Å². The first kappa shape index (κ1) is 27.5. The SMILES string of the molecule is CC(C)(C)OC(=O)N[C@H](Cn1nc(-c2cccc(C#N)c2)c(-c2ccncc2)c1CCl)C1CCC1.Cl. The van der Waals surface area contributed by atoms with Crippen molar-refractivity contribution in [1.29, 1.82) is 5.26 Å². The highest BCUT2D eigenvalue weighted by atomic mass is 35.5. The Morgan fingerprint density at radius 1 is 1.25 bits per heavy atom. The zero-order valence-corrected chi connectivity index (χ0v) is 22.3. The average Bonchev–Trinajstić information content (AvgIpc) is 3.15. The first-order chi connectivity index (χ1) is 16.8. The molecule has 36 heavy (non-hydrogen) atoms. The number of hydrogen-bond donors (Lipinski definition) is 1. The molecule has 0 radical (unpaired) electrons. The molecule has 1 fully saturated rings. The first-order valence-corrected chi connectivity index (χ1v) is 12.4. The van der Waals surface area contributed by atoms with E-state index < -0.39 is 11.7 Å². The van der Waals surface area contributed by atoms with E-state index >= 15 is 0 Å². The number of nitriles is 1. The number of amides is 1. The van der Waals surface area contributed by atoms with E-state index in [1.54, 1.807) is 18.5 Å². The maximum absolute atomic E-state index is 12.6. The summed E-state index contributed by atoms with van der Waals surface area (Å²) in [4.78, 5) is 16.8. The van der Waals surface area contributed by atoms with Gasteiger partial charge in [0.15, 0.2) is 0 Å². The second-order valence-electron chi connectivity index (χ2n) is 9.86. The zero-order valence-electron chi connectivity index (χ0n) is 20.7. The van der Waals surface area contributed by atoms with Gasteiger partial charge in [-0.1, -0.05) is 18.6 Å². The van der Waals surface area contributed by atoms with E-state index in [9.17, 15) is 10.1 Å². The molecule has 4 rings (SSSR count). The van der Waals surface area contributed by atoms with Crippen molar-refractivity contribution in [3.8, 4) is 28.5 Å². The summed E-state index contributed by atoms with van der Waals surface area (Å²) in [5.74, 6) is 0.594. The van der Waals surface area contributed by atoms with Gasteiger partial charge in [0.05, 0.1) is 35.8 Å². The standard InChI is InChI=1S/C27H30ClN5O2.ClH/c1-27(2,3)35-26(34)31-22(19-7-5-8-19)17-33-23(15-28)24(20-10-12-30-13-11-20)25(32-33)21-9-4-6-18(14-21)16-29;/h4,6,9-14,19,22H,5,7-8,15,17H2,1-3H3,(H,31,34);1H/t22-;/m1./s1. The van der Waals surface area contributed by atoms with Crippen LogP contribution in [0.5, 0.6) is 0 Å². The Bertz CT molecular complexity index is 1230. The molecule has 190 valence electrons. The summed E-state index contributed by atoms with van der Waals surface area (Å²) in [6.45, 7) is 6.04. The number of carbonyl (C=O) groups is 1. The maximum Gasteiger partial charge on any atom is 0.407 e. The van der Waals surface area contributed by atoms with Gasteiger partial charge in [0.2, 0.25) is 0 Å². The highest BCUT2D eigenvalue weighted by Gasteiger charge is 2.32. The van der Waals surface area contributed by atoms with Gasteiger partial charge in [0, 0.05) is 23.5 Å². The second kappa shape index (κ2) is 11.8. The van der Waals surface area contributed by atoms with Crippen LogP contribution in [0.1, 0.15) is 51.3 Å². The van der Waals surface area contributed by atoms with Crippen LogP contribution >= 0.6 is 24.0 Å². The van der Waals surface area contributed by atoms with E-state index in [2.05, 4.69) is 16.4 Å². The number of halogens is 2. The molecule has 1 amide bonds. The number of carbonyl (C=O) groups excluding carboxylic acids is 1. The third-order valence-electron chi connectivity index (χ3n) is 6.21. The summed E-state index contributed by atoms with van der Waals surface area (Å²) in [5, 5.41) is 17.5. The van der Waals surface area contributed by atoms with E-state index in [1.165, 1.54) is 0 Å². The van der Waals surface area contributed by atoms with E-state index in [1.807, 2.05) is 55.8 Å². The number of rotatable bonds is 7. The van der Waals surface area contributed by atoms with Gasteiger partial charge in [-0.25, -0.2) is 4.79 Å². The van der Waals surface area contributed by atoms with E-state index in [4.69, 9.17) is 21.4 Å². The molecule has 1 saturated carbocycles. The van der Waals surface area contributed by atoms with Crippen LogP contribution in [0.25, 0.3) is 22.4 Å². The lowest BCUT2D eigenvalue weighted by Gasteiger charge is -2.35. The minimum atomic E-state index is -0.575. The fourth-order valence-corrected chi connectivity index (χ4v) is 4.62. The van der Waals surface area contributed by atoms with Crippen molar-refractivity contribution in [3.63, 3.8) is 0 Å². The van der Waals surface area contributed by atoms with Crippen molar-refractivity contribution in [1.82, 2.24) is 20.1 Å². The Labute approximate surface area is 223 Å². The van der Waals surface area contributed by atoms with Crippen molar-refractivity contribution in [2.75, 3.05) is 0 Å². The number of ether oxygens (including phenoxy) is 1. The number of pyridine rings is 1. The Hall–Kier alpha value is -3.08. The lowest BCUT2D eigenvalue weighted by molar-refractivity contribution is 0.0453. The van der Waals surface area contributed by atoms with Gasteiger partial charge in [0.1, 0.15) is 11.3 Å². The van der Waals surface area contributed by atoms with Gasteiger partial charge in [-0.3, -0.25) is 9.67 Å². The van der Waals surface area contributed by atoms with Crippen LogP contribution in [0, 0.1) is 17.2 Å². The molecule has 2 aromatic heterocycles. The third kappa shape index (κ3) is 6.37. The van der Waals surface area contributed by atoms with Crippen molar-refractivity contribution in [3.05, 3.63) is 60.0 Å². The predicted molar refractivity (Wildman–Crippen MR) is 143 cm³/mol. The number of alkyl halides is 1. The van der Waals surface area contributed by atoms with E-state index in [-0.39, 0.29) is 24.3 Å². The van der Waals surface area contributed by atoms with Crippen LogP contribution in [0.3, 0.4) is 0 Å². The molecule has 1 atom stereocenters. The number of nitrogens with one attached hydrogen (secondary N) is 1. The number of benzene rings is 1. The summed E-state index contributed by atoms with van der Waals surface area (Å²) in [6.07, 6.45) is 6.29. The highest BCUT2D eigenvalue weighted by Crippen LogP contribution is 2.37. The Balaban J connectivity index is 0.00000361. The molecule has 0 aliphatic heterocycles. The van der Waals surface area contributed by atoms with Gasteiger partial charge in [0.25, 0.3) is 0 Å². The Morgan fingerprint density at radius 2 is 1.97 bits per heavy atom. The fourth-order valence-electron chi connectivity index (χ4n) is 4.34. The van der Waals surface area contributed by atoms with Crippen molar-refractivity contribution >= 4 is 30.1 Å². The van der Waals surface area contributed by atoms with Crippen LogP contribution in [0.15, 0.2) is 48.8 Å². The van der Waals surface area contributed by atoms with E-state index in [0.29, 0.717) is 18.0 Å². The Kier molecular flexibility index (Phi) is 8.99. The monoisotopic (exact) mass is 527 g/mol. The molecular formula is C27H31Cl2N5O2. The number of alkyl carbamates (subject to hydrolysis) is 1. The molecule has 1 aliphatic rings. The number of aromatic nitrogens is 3. The Morgan fingerprint density at radius 3 is 2.56 bits per heavy atom. The smallest absolute Gasteiger partial charge is 0.407 e. The average molecular weight is 528 g/mol. The summed E-state index contributed by atoms with van der Waals surface area (Å²) in [6, 6.07) is 13.3. The van der Waals surface area contributed by atoms with Crippen LogP contribution in [-0.2, 0) is 17.2 Å². The van der Waals surface area contributed by atoms with Crippen LogP contribution < -0.4 is 5.32 Å². The molecule has 1 aliphatic carbocycles. The second-order valence-corrected chi connectivity index (χ2v) is 10.1. The van der Waals surface area contributed by atoms with Gasteiger partial charge in [-0.15, -0.1) is 24.0 Å². The minimum absolute atomic E-state index is 0. The third-order valence-corrected chi connectivity index (χ3v) is 6.46. The quantitative estimate of drug-likeness (QED) is 0.362. The molecule has 3 aromatic rings. The largest absolute Gasteiger partial charge is 0.444 e. The van der Waals surface area contributed by atoms with Crippen molar-refractivity contribution in [2.24, 2.45) is 5.92 Å². The predicted octanol–water partition coefficient (Wildman–Crippen LogP) is 6.34. The highest BCUT2D eigenvalue weighted by molar-refractivity contribution is 6.17. The normalized spacial score (nSPS) is 14.2. The molecular weight excluding hydrogens is 497 g/mol.